The molecule has 1 heterocycles. The van der Waals surface area contributed by atoms with Crippen LogP contribution in [0, 0.1) is 0 Å². The van der Waals surface area contributed by atoms with Gasteiger partial charge in [-0.15, -0.1) is 0 Å². The topological polar surface area (TPSA) is 93.5 Å². The Bertz CT molecular complexity index is 581. The number of methoxy groups -OCH3 is 1. The summed E-state index contributed by atoms with van der Waals surface area (Å²) >= 11 is 3.20. The standard InChI is InChI=1S/C13H18BrN3O4/c1-21-10(18)7-17-12(19)11(14)9(6-16-17)15-8-13(20)4-2-3-5-13/h6,15,20H,2-5,7-8H2,1H3. The number of nitrogens with zero attached hydrogens (tertiary/aromatic N) is 2. The first-order chi connectivity index (χ1) is 9.95. The predicted molar refractivity (Wildman–Crippen MR) is 80.1 cm³/mol. The number of anilines is 1. The molecule has 2 rings (SSSR count). The van der Waals surface area contributed by atoms with Crippen LogP contribution in [0.3, 0.4) is 0 Å². The largest absolute Gasteiger partial charge is 0.468 e. The molecular formula is C13H18BrN3O4. The molecular weight excluding hydrogens is 342 g/mol. The zero-order chi connectivity index (χ0) is 15.5. The van der Waals surface area contributed by atoms with E-state index in [2.05, 4.69) is 31.1 Å². The Labute approximate surface area is 130 Å². The van der Waals surface area contributed by atoms with Crippen molar-refractivity contribution >= 4 is 27.6 Å². The fourth-order valence-electron chi connectivity index (χ4n) is 2.36. The zero-order valence-corrected chi connectivity index (χ0v) is 13.4. The number of esters is 1. The van der Waals surface area contributed by atoms with Crippen LogP contribution >= 0.6 is 15.9 Å². The molecule has 1 saturated carbocycles. The van der Waals surface area contributed by atoms with Crippen molar-refractivity contribution in [2.75, 3.05) is 19.0 Å². The lowest BCUT2D eigenvalue weighted by Gasteiger charge is -2.23. The van der Waals surface area contributed by atoms with Crippen LogP contribution in [-0.2, 0) is 16.1 Å². The minimum Gasteiger partial charge on any atom is -0.468 e. The SMILES string of the molecule is COC(=O)Cn1ncc(NCC2(O)CCCC2)c(Br)c1=O. The highest BCUT2D eigenvalue weighted by molar-refractivity contribution is 9.10. The number of aromatic nitrogens is 2. The highest BCUT2D eigenvalue weighted by Gasteiger charge is 2.31. The summed E-state index contributed by atoms with van der Waals surface area (Å²) in [7, 11) is 1.25. The number of rotatable bonds is 5. The van der Waals surface area contributed by atoms with Gasteiger partial charge in [-0.25, -0.2) is 4.68 Å². The Morgan fingerprint density at radius 3 is 2.86 bits per heavy atom. The zero-order valence-electron chi connectivity index (χ0n) is 11.8. The highest BCUT2D eigenvalue weighted by Crippen LogP contribution is 2.30. The summed E-state index contributed by atoms with van der Waals surface area (Å²) in [4.78, 5) is 23.2. The van der Waals surface area contributed by atoms with Crippen LogP contribution in [0.2, 0.25) is 0 Å². The van der Waals surface area contributed by atoms with E-state index in [4.69, 9.17) is 0 Å². The van der Waals surface area contributed by atoms with Crippen LogP contribution < -0.4 is 10.9 Å². The first-order valence-electron chi connectivity index (χ1n) is 6.74. The molecule has 0 unspecified atom stereocenters. The van der Waals surface area contributed by atoms with E-state index < -0.39 is 17.1 Å². The number of hydrogen-bond acceptors (Lipinski definition) is 6. The Balaban J connectivity index is 2.09. The van der Waals surface area contributed by atoms with Gasteiger partial charge in [-0.1, -0.05) is 12.8 Å². The summed E-state index contributed by atoms with van der Waals surface area (Å²) < 4.78 is 5.80. The molecule has 1 aliphatic carbocycles. The maximum Gasteiger partial charge on any atom is 0.327 e. The Morgan fingerprint density at radius 2 is 2.24 bits per heavy atom. The second-order valence-corrected chi connectivity index (χ2v) is 5.99. The molecule has 1 fully saturated rings. The maximum absolute atomic E-state index is 12.1. The molecule has 0 aliphatic heterocycles. The van der Waals surface area contributed by atoms with E-state index in [1.165, 1.54) is 13.3 Å². The summed E-state index contributed by atoms with van der Waals surface area (Å²) in [6, 6.07) is 0. The summed E-state index contributed by atoms with van der Waals surface area (Å²) in [5.41, 5.74) is -0.648. The van der Waals surface area contributed by atoms with Gasteiger partial charge in [0.15, 0.2) is 0 Å². The van der Waals surface area contributed by atoms with E-state index in [1.807, 2.05) is 0 Å². The van der Waals surface area contributed by atoms with Crippen molar-refractivity contribution in [3.05, 3.63) is 21.0 Å². The second kappa shape index (κ2) is 6.57. The molecule has 21 heavy (non-hydrogen) atoms. The van der Waals surface area contributed by atoms with Gasteiger partial charge >= 0.3 is 5.97 Å². The van der Waals surface area contributed by atoms with Crippen LogP contribution in [0.15, 0.2) is 15.5 Å². The number of carbonyl (C=O) groups is 1. The number of nitrogens with one attached hydrogen (secondary N) is 1. The molecule has 1 aliphatic rings. The third kappa shape index (κ3) is 3.82. The summed E-state index contributed by atoms with van der Waals surface area (Å²) in [5, 5.41) is 17.2. The van der Waals surface area contributed by atoms with Gasteiger partial charge in [0.2, 0.25) is 0 Å². The van der Waals surface area contributed by atoms with E-state index in [-0.39, 0.29) is 11.0 Å². The van der Waals surface area contributed by atoms with Gasteiger partial charge < -0.3 is 15.2 Å². The lowest BCUT2D eigenvalue weighted by atomic mass is 10.0. The second-order valence-electron chi connectivity index (χ2n) is 5.20. The van der Waals surface area contributed by atoms with Crippen molar-refractivity contribution in [1.82, 2.24) is 9.78 Å². The van der Waals surface area contributed by atoms with Gasteiger partial charge in [-0.3, -0.25) is 9.59 Å². The van der Waals surface area contributed by atoms with Gasteiger partial charge in [0.25, 0.3) is 5.56 Å². The van der Waals surface area contributed by atoms with Crippen LogP contribution in [0.5, 0.6) is 0 Å². The third-order valence-corrected chi connectivity index (χ3v) is 4.40. The van der Waals surface area contributed by atoms with E-state index in [0.717, 1.165) is 30.4 Å². The minimum absolute atomic E-state index is 0.238. The number of aliphatic hydroxyl groups is 1. The molecule has 1 aromatic heterocycles. The van der Waals surface area contributed by atoms with E-state index in [0.29, 0.717) is 12.2 Å². The normalized spacial score (nSPS) is 16.7. The van der Waals surface area contributed by atoms with E-state index in [9.17, 15) is 14.7 Å². The molecule has 0 aromatic carbocycles. The van der Waals surface area contributed by atoms with Gasteiger partial charge in [0.1, 0.15) is 11.0 Å². The summed E-state index contributed by atoms with van der Waals surface area (Å²) in [5.74, 6) is -0.544. The van der Waals surface area contributed by atoms with Gasteiger partial charge in [-0.05, 0) is 28.8 Å². The third-order valence-electron chi connectivity index (χ3n) is 3.63. The minimum atomic E-state index is -0.722. The van der Waals surface area contributed by atoms with Crippen LogP contribution in [0.25, 0.3) is 0 Å². The van der Waals surface area contributed by atoms with Gasteiger partial charge in [0.05, 0.1) is 24.6 Å². The summed E-state index contributed by atoms with van der Waals surface area (Å²) in [6.45, 7) is 0.131. The Morgan fingerprint density at radius 1 is 1.57 bits per heavy atom. The van der Waals surface area contributed by atoms with Crippen molar-refractivity contribution < 1.29 is 14.6 Å². The first kappa shape index (κ1) is 16.0. The van der Waals surface area contributed by atoms with Crippen molar-refractivity contribution in [2.24, 2.45) is 0 Å². The van der Waals surface area contributed by atoms with Crippen LogP contribution in [-0.4, -0.2) is 40.1 Å². The number of hydrogen-bond donors (Lipinski definition) is 2. The van der Waals surface area contributed by atoms with E-state index in [1.54, 1.807) is 0 Å². The molecule has 7 nitrogen and oxygen atoms in total. The first-order valence-corrected chi connectivity index (χ1v) is 7.53. The molecule has 0 spiro atoms. The highest BCUT2D eigenvalue weighted by atomic mass is 79.9. The molecule has 0 amide bonds. The van der Waals surface area contributed by atoms with Crippen molar-refractivity contribution in [2.45, 2.75) is 37.8 Å². The molecule has 0 radical (unpaired) electrons. The molecule has 2 N–H and O–H groups in total. The average Bonchev–Trinajstić information content (AvgIpc) is 2.90. The van der Waals surface area contributed by atoms with Gasteiger partial charge in [-0.2, -0.15) is 5.10 Å². The fourth-order valence-corrected chi connectivity index (χ4v) is 2.80. The number of ether oxygens (including phenoxy) is 1. The average molecular weight is 360 g/mol. The van der Waals surface area contributed by atoms with E-state index >= 15 is 0 Å². The smallest absolute Gasteiger partial charge is 0.327 e. The Kier molecular flexibility index (Phi) is 5.00. The van der Waals surface area contributed by atoms with Crippen molar-refractivity contribution in [3.63, 3.8) is 0 Å². The number of halogens is 1. The lowest BCUT2D eigenvalue weighted by Crippen LogP contribution is -2.34. The monoisotopic (exact) mass is 359 g/mol. The fraction of sp³-hybridized carbons (Fsp3) is 0.615. The molecule has 0 saturated heterocycles. The molecule has 0 bridgehead atoms. The van der Waals surface area contributed by atoms with Crippen molar-refractivity contribution in [1.29, 1.82) is 0 Å². The molecule has 8 heteroatoms. The van der Waals surface area contributed by atoms with Crippen LogP contribution in [0.4, 0.5) is 5.69 Å². The maximum atomic E-state index is 12.1. The van der Waals surface area contributed by atoms with Crippen molar-refractivity contribution in [3.8, 4) is 0 Å². The molecule has 116 valence electrons. The molecule has 1 aromatic rings. The summed E-state index contributed by atoms with van der Waals surface area (Å²) in [6.07, 6.45) is 4.98. The predicted octanol–water partition coefficient (Wildman–Crippen LogP) is 0.896. The lowest BCUT2D eigenvalue weighted by molar-refractivity contribution is -0.141. The van der Waals surface area contributed by atoms with Gasteiger partial charge in [0, 0.05) is 6.54 Å². The van der Waals surface area contributed by atoms with Crippen LogP contribution in [0.1, 0.15) is 25.7 Å². The molecule has 0 atom stereocenters. The quantitative estimate of drug-likeness (QED) is 0.758. The number of carbonyl (C=O) groups excluding carboxylic acids is 1. The Hall–Kier alpha value is -1.41.